The van der Waals surface area contributed by atoms with Gasteiger partial charge in [0.05, 0.1) is 20.0 Å². The Morgan fingerprint density at radius 1 is 1.22 bits per heavy atom. The summed E-state index contributed by atoms with van der Waals surface area (Å²) in [5, 5.41) is 3.22. The van der Waals surface area contributed by atoms with E-state index in [2.05, 4.69) is 16.4 Å². The molecule has 1 aromatic rings. The molecule has 1 saturated carbocycles. The van der Waals surface area contributed by atoms with Crippen LogP contribution in [0.15, 0.2) is 18.0 Å². The summed E-state index contributed by atoms with van der Waals surface area (Å²) in [6.07, 6.45) is 14.3. The summed E-state index contributed by atoms with van der Waals surface area (Å²) in [4.78, 5) is 45.2. The van der Waals surface area contributed by atoms with Crippen LogP contribution in [0, 0.1) is 0 Å². The smallest absolute Gasteiger partial charge is 0.359 e. The molecule has 174 valence electrons. The third kappa shape index (κ3) is 4.32. The van der Waals surface area contributed by atoms with E-state index in [1.807, 2.05) is 6.92 Å². The summed E-state index contributed by atoms with van der Waals surface area (Å²) in [5.41, 5.74) is 0.503. The van der Waals surface area contributed by atoms with Crippen molar-refractivity contribution in [2.24, 2.45) is 0 Å². The Morgan fingerprint density at radius 2 is 2.00 bits per heavy atom. The fraction of sp³-hybridized carbons (Fsp3) is 0.667. The molecular weight excluding hydrogens is 408 g/mol. The van der Waals surface area contributed by atoms with Crippen LogP contribution < -0.4 is 5.32 Å². The van der Waals surface area contributed by atoms with Gasteiger partial charge >= 0.3 is 5.97 Å². The number of nitrogens with one attached hydrogen (secondary N) is 1. The van der Waals surface area contributed by atoms with Crippen molar-refractivity contribution in [1.82, 2.24) is 19.8 Å². The molecule has 1 N–H and O–H groups in total. The van der Waals surface area contributed by atoms with Crippen molar-refractivity contribution in [3.63, 3.8) is 0 Å². The van der Waals surface area contributed by atoms with Gasteiger partial charge < -0.3 is 19.5 Å². The Labute approximate surface area is 189 Å². The highest BCUT2D eigenvalue weighted by molar-refractivity contribution is 6.06. The first-order valence-electron chi connectivity index (χ1n) is 11.9. The number of amides is 2. The van der Waals surface area contributed by atoms with E-state index in [-0.39, 0.29) is 35.8 Å². The van der Waals surface area contributed by atoms with E-state index in [4.69, 9.17) is 4.74 Å². The number of carbonyl (C=O) groups is 3. The molecule has 1 unspecified atom stereocenters. The number of methoxy groups -OCH3 is 1. The zero-order valence-corrected chi connectivity index (χ0v) is 19.2. The van der Waals surface area contributed by atoms with E-state index < -0.39 is 11.5 Å². The molecule has 0 saturated heterocycles. The van der Waals surface area contributed by atoms with Crippen LogP contribution >= 0.6 is 0 Å². The van der Waals surface area contributed by atoms with Crippen molar-refractivity contribution in [1.29, 1.82) is 0 Å². The molecule has 1 fully saturated rings. The molecule has 0 spiro atoms. The second kappa shape index (κ2) is 9.46. The standard InChI is InChI=1S/C24H34N4O4/c1-24(23(31)26-18-11-7-4-8-12-18)15-27-16-25-19(22(30)32-2)20(27)21(29)28(24)14-13-17-9-5-3-6-10-17/h9,16,18H,3-8,10-15H2,1-2H3,(H,26,31). The molecule has 1 atom stereocenters. The number of hydrogen-bond acceptors (Lipinski definition) is 5. The Balaban J connectivity index is 1.63. The Kier molecular flexibility index (Phi) is 6.67. The number of aromatic nitrogens is 2. The van der Waals surface area contributed by atoms with Gasteiger partial charge in [-0.2, -0.15) is 0 Å². The predicted octanol–water partition coefficient (Wildman–Crippen LogP) is 3.22. The monoisotopic (exact) mass is 442 g/mol. The van der Waals surface area contributed by atoms with Crippen molar-refractivity contribution in [2.75, 3.05) is 13.7 Å². The minimum Gasteiger partial charge on any atom is -0.464 e. The highest BCUT2D eigenvalue weighted by Crippen LogP contribution is 2.31. The minimum atomic E-state index is -1.05. The van der Waals surface area contributed by atoms with E-state index in [1.165, 1.54) is 38.3 Å². The van der Waals surface area contributed by atoms with Crippen LogP contribution in [0.25, 0.3) is 0 Å². The molecule has 8 heteroatoms. The molecule has 4 rings (SSSR count). The molecule has 1 aliphatic heterocycles. The Bertz CT molecular complexity index is 915. The maximum absolute atomic E-state index is 13.7. The summed E-state index contributed by atoms with van der Waals surface area (Å²) in [5.74, 6) is -1.11. The number of fused-ring (bicyclic) bond motifs is 1. The maximum atomic E-state index is 13.7. The average molecular weight is 443 g/mol. The number of rotatable bonds is 6. The lowest BCUT2D eigenvalue weighted by atomic mass is 9.90. The highest BCUT2D eigenvalue weighted by atomic mass is 16.5. The van der Waals surface area contributed by atoms with Gasteiger partial charge in [-0.25, -0.2) is 9.78 Å². The minimum absolute atomic E-state index is 0.00845. The number of nitrogens with zero attached hydrogens (tertiary/aromatic N) is 3. The second-order valence-electron chi connectivity index (χ2n) is 9.46. The van der Waals surface area contributed by atoms with Crippen LogP contribution in [0.1, 0.15) is 92.1 Å². The van der Waals surface area contributed by atoms with Crippen molar-refractivity contribution in [2.45, 2.75) is 89.3 Å². The third-order valence-corrected chi connectivity index (χ3v) is 7.21. The van der Waals surface area contributed by atoms with Gasteiger partial charge in [0.15, 0.2) is 5.69 Å². The lowest BCUT2D eigenvalue weighted by molar-refractivity contribution is -0.133. The molecule has 2 amide bonds. The van der Waals surface area contributed by atoms with Crippen LogP contribution in [0.2, 0.25) is 0 Å². The molecule has 2 aliphatic carbocycles. The first kappa shape index (κ1) is 22.6. The Hall–Kier alpha value is -2.64. The maximum Gasteiger partial charge on any atom is 0.359 e. The topological polar surface area (TPSA) is 93.5 Å². The van der Waals surface area contributed by atoms with Gasteiger partial charge in [-0.15, -0.1) is 0 Å². The lowest BCUT2D eigenvalue weighted by Crippen LogP contribution is -2.65. The first-order valence-corrected chi connectivity index (χ1v) is 11.9. The molecule has 1 aromatic heterocycles. The van der Waals surface area contributed by atoms with Crippen LogP contribution in [0.5, 0.6) is 0 Å². The number of imidazole rings is 1. The van der Waals surface area contributed by atoms with E-state index in [0.29, 0.717) is 6.54 Å². The average Bonchev–Trinajstić information content (AvgIpc) is 3.23. The number of esters is 1. The van der Waals surface area contributed by atoms with Gasteiger partial charge in [-0.1, -0.05) is 30.9 Å². The van der Waals surface area contributed by atoms with Gasteiger partial charge in [0.1, 0.15) is 11.2 Å². The van der Waals surface area contributed by atoms with Gasteiger partial charge in [0.25, 0.3) is 5.91 Å². The number of allylic oxidation sites excluding steroid dienone is 1. The largest absolute Gasteiger partial charge is 0.464 e. The molecule has 8 nitrogen and oxygen atoms in total. The van der Waals surface area contributed by atoms with Crippen molar-refractivity contribution in [3.05, 3.63) is 29.4 Å². The molecule has 0 bridgehead atoms. The molecule has 3 aliphatic rings. The van der Waals surface area contributed by atoms with Crippen molar-refractivity contribution >= 4 is 17.8 Å². The summed E-state index contributed by atoms with van der Waals surface area (Å²) in [6.45, 7) is 2.53. The van der Waals surface area contributed by atoms with Gasteiger partial charge in [-0.3, -0.25) is 9.59 Å². The van der Waals surface area contributed by atoms with E-state index >= 15 is 0 Å². The van der Waals surface area contributed by atoms with Gasteiger partial charge in [-0.05, 0) is 51.9 Å². The summed E-state index contributed by atoms with van der Waals surface area (Å²) in [7, 11) is 1.27. The number of ether oxygens (including phenoxy) is 1. The zero-order chi connectivity index (χ0) is 22.7. The fourth-order valence-corrected chi connectivity index (χ4v) is 5.26. The molecule has 32 heavy (non-hydrogen) atoms. The summed E-state index contributed by atoms with van der Waals surface area (Å²) >= 11 is 0. The lowest BCUT2D eigenvalue weighted by Gasteiger charge is -2.44. The highest BCUT2D eigenvalue weighted by Gasteiger charge is 2.49. The van der Waals surface area contributed by atoms with E-state index in [0.717, 1.165) is 44.9 Å². The molecule has 0 aromatic carbocycles. The molecule has 2 heterocycles. The number of hydrogen-bond donors (Lipinski definition) is 1. The third-order valence-electron chi connectivity index (χ3n) is 7.21. The normalized spacial score (nSPS) is 24.0. The first-order chi connectivity index (χ1) is 15.4. The predicted molar refractivity (Wildman–Crippen MR) is 119 cm³/mol. The van der Waals surface area contributed by atoms with Crippen molar-refractivity contribution < 1.29 is 19.1 Å². The Morgan fingerprint density at radius 3 is 2.69 bits per heavy atom. The van der Waals surface area contributed by atoms with Crippen molar-refractivity contribution in [3.8, 4) is 0 Å². The van der Waals surface area contributed by atoms with Crippen LogP contribution in [-0.2, 0) is 16.1 Å². The quantitative estimate of drug-likeness (QED) is 0.539. The molecule has 0 radical (unpaired) electrons. The van der Waals surface area contributed by atoms with E-state index in [1.54, 1.807) is 9.47 Å². The van der Waals surface area contributed by atoms with Gasteiger partial charge in [0.2, 0.25) is 5.91 Å². The SMILES string of the molecule is COC(=O)c1ncn2c1C(=O)N(CCC1=CCCCC1)C(C)(C(=O)NC1CCCCC1)C2. The summed E-state index contributed by atoms with van der Waals surface area (Å²) < 4.78 is 6.46. The fourth-order valence-electron chi connectivity index (χ4n) is 5.26. The van der Waals surface area contributed by atoms with Crippen LogP contribution in [0.4, 0.5) is 0 Å². The second-order valence-corrected chi connectivity index (χ2v) is 9.46. The number of carbonyl (C=O) groups excluding carboxylic acids is 3. The zero-order valence-electron chi connectivity index (χ0n) is 19.2. The van der Waals surface area contributed by atoms with E-state index in [9.17, 15) is 14.4 Å². The summed E-state index contributed by atoms with van der Waals surface area (Å²) in [6, 6.07) is 0.154. The van der Waals surface area contributed by atoms with Crippen LogP contribution in [0.3, 0.4) is 0 Å². The van der Waals surface area contributed by atoms with Crippen LogP contribution in [-0.4, -0.2) is 57.5 Å². The molecular formula is C24H34N4O4. The van der Waals surface area contributed by atoms with Gasteiger partial charge in [0, 0.05) is 12.6 Å².